The van der Waals surface area contributed by atoms with Crippen molar-refractivity contribution in [3.05, 3.63) is 71.8 Å². The Morgan fingerprint density at radius 3 is 2.59 bits per heavy atom. The van der Waals surface area contributed by atoms with Crippen molar-refractivity contribution in [2.75, 3.05) is 29.4 Å². The summed E-state index contributed by atoms with van der Waals surface area (Å²) in [4.78, 5) is 29.8. The van der Waals surface area contributed by atoms with Crippen LogP contribution in [0.5, 0.6) is 0 Å². The molecular weight excluding hydrogens is 398 g/mol. The second-order valence-corrected chi connectivity index (χ2v) is 9.15. The Kier molecular flexibility index (Phi) is 5.33. The summed E-state index contributed by atoms with van der Waals surface area (Å²) >= 11 is 0. The number of anilines is 2. The molecule has 5 heteroatoms. The van der Waals surface area contributed by atoms with Gasteiger partial charge in [0.05, 0.1) is 11.7 Å². The number of piperidine rings is 1. The number of amides is 2. The van der Waals surface area contributed by atoms with Crippen LogP contribution in [-0.4, -0.2) is 31.4 Å². The lowest BCUT2D eigenvalue weighted by molar-refractivity contribution is -0.120. The van der Waals surface area contributed by atoms with Gasteiger partial charge in [0.25, 0.3) is 5.91 Å². The van der Waals surface area contributed by atoms with Gasteiger partial charge in [-0.15, -0.1) is 0 Å². The van der Waals surface area contributed by atoms with Crippen LogP contribution in [0.2, 0.25) is 0 Å². The molecule has 0 spiro atoms. The molecule has 0 radical (unpaired) electrons. The molecule has 5 nitrogen and oxygen atoms in total. The van der Waals surface area contributed by atoms with E-state index in [1.165, 1.54) is 18.5 Å². The highest BCUT2D eigenvalue weighted by atomic mass is 16.2. The molecule has 1 fully saturated rings. The van der Waals surface area contributed by atoms with Crippen molar-refractivity contribution in [1.29, 1.82) is 0 Å². The molecule has 32 heavy (non-hydrogen) atoms. The Bertz CT molecular complexity index is 1170. The Hall–Kier alpha value is -3.34. The highest BCUT2D eigenvalue weighted by Crippen LogP contribution is 2.37. The maximum atomic E-state index is 12.9. The van der Waals surface area contributed by atoms with Gasteiger partial charge in [-0.05, 0) is 60.9 Å². The lowest BCUT2D eigenvalue weighted by Crippen LogP contribution is -2.39. The summed E-state index contributed by atoms with van der Waals surface area (Å²) in [6.07, 6.45) is 2.54. The number of hydrogen-bond acceptors (Lipinski definition) is 3. The van der Waals surface area contributed by atoms with Crippen LogP contribution in [0.1, 0.15) is 48.7 Å². The summed E-state index contributed by atoms with van der Waals surface area (Å²) in [7, 11) is 0. The summed E-state index contributed by atoms with van der Waals surface area (Å²) in [6, 6.07) is 19.9. The predicted octanol–water partition coefficient (Wildman–Crippen LogP) is 4.91. The van der Waals surface area contributed by atoms with Gasteiger partial charge in [0, 0.05) is 29.7 Å². The van der Waals surface area contributed by atoms with E-state index < -0.39 is 0 Å². The van der Waals surface area contributed by atoms with E-state index in [9.17, 15) is 9.59 Å². The zero-order chi connectivity index (χ0) is 22.2. The molecule has 3 aromatic carbocycles. The molecule has 0 aliphatic carbocycles. The molecule has 2 heterocycles. The Labute approximate surface area is 189 Å². The average Bonchev–Trinajstić information content (AvgIpc) is 3.07. The quantitative estimate of drug-likeness (QED) is 0.629. The molecule has 2 atom stereocenters. The van der Waals surface area contributed by atoms with E-state index in [-0.39, 0.29) is 24.4 Å². The fourth-order valence-corrected chi connectivity index (χ4v) is 5.05. The Morgan fingerprint density at radius 1 is 1.09 bits per heavy atom. The average molecular weight is 428 g/mol. The van der Waals surface area contributed by atoms with E-state index in [4.69, 9.17) is 0 Å². The first-order valence-corrected chi connectivity index (χ1v) is 11.5. The second kappa shape index (κ2) is 8.30. The number of carbonyl (C=O) groups is 2. The van der Waals surface area contributed by atoms with Crippen molar-refractivity contribution in [2.45, 2.75) is 32.7 Å². The van der Waals surface area contributed by atoms with Crippen molar-refractivity contribution in [3.8, 4) is 0 Å². The molecular formula is C27H29N3O2. The van der Waals surface area contributed by atoms with Crippen LogP contribution >= 0.6 is 0 Å². The summed E-state index contributed by atoms with van der Waals surface area (Å²) in [5, 5.41) is 5.02. The molecule has 164 valence electrons. The zero-order valence-electron chi connectivity index (χ0n) is 18.7. The largest absolute Gasteiger partial charge is 0.371 e. The number of nitrogens with zero attached hydrogens (tertiary/aromatic N) is 2. The lowest BCUT2D eigenvalue weighted by Gasteiger charge is -2.33. The SMILES string of the molecule is CC1CCCN(c2ccc(C(C)NC(=O)CN3C(=O)c4cccc5cccc3c45)cc2)C1. The van der Waals surface area contributed by atoms with Crippen LogP contribution in [0, 0.1) is 5.92 Å². The number of benzene rings is 3. The van der Waals surface area contributed by atoms with Gasteiger partial charge in [0.2, 0.25) is 5.91 Å². The maximum Gasteiger partial charge on any atom is 0.259 e. The van der Waals surface area contributed by atoms with Crippen molar-refractivity contribution in [1.82, 2.24) is 5.32 Å². The monoisotopic (exact) mass is 427 g/mol. The van der Waals surface area contributed by atoms with Gasteiger partial charge in [0.15, 0.2) is 0 Å². The van der Waals surface area contributed by atoms with Gasteiger partial charge < -0.3 is 10.2 Å². The number of carbonyl (C=O) groups excluding carboxylic acids is 2. The molecule has 1 N–H and O–H groups in total. The van der Waals surface area contributed by atoms with Gasteiger partial charge >= 0.3 is 0 Å². The third-order valence-corrected chi connectivity index (χ3v) is 6.74. The molecule has 2 unspecified atom stereocenters. The number of hydrogen-bond donors (Lipinski definition) is 1. The van der Waals surface area contributed by atoms with Crippen molar-refractivity contribution in [3.63, 3.8) is 0 Å². The first-order chi connectivity index (χ1) is 15.5. The highest BCUT2D eigenvalue weighted by Gasteiger charge is 2.31. The van der Waals surface area contributed by atoms with Crippen LogP contribution in [0.25, 0.3) is 10.8 Å². The summed E-state index contributed by atoms with van der Waals surface area (Å²) < 4.78 is 0. The lowest BCUT2D eigenvalue weighted by atomic mass is 9.99. The summed E-state index contributed by atoms with van der Waals surface area (Å²) in [6.45, 7) is 6.51. The topological polar surface area (TPSA) is 52.7 Å². The van der Waals surface area contributed by atoms with Crippen molar-refractivity contribution >= 4 is 34.0 Å². The van der Waals surface area contributed by atoms with Crippen LogP contribution in [0.4, 0.5) is 11.4 Å². The van der Waals surface area contributed by atoms with Gasteiger partial charge in [-0.25, -0.2) is 0 Å². The Morgan fingerprint density at radius 2 is 1.84 bits per heavy atom. The second-order valence-electron chi connectivity index (χ2n) is 9.15. The minimum atomic E-state index is -0.162. The molecule has 2 aliphatic rings. The first kappa shape index (κ1) is 20.6. The first-order valence-electron chi connectivity index (χ1n) is 11.5. The molecule has 1 saturated heterocycles. The fourth-order valence-electron chi connectivity index (χ4n) is 5.05. The maximum absolute atomic E-state index is 12.9. The highest BCUT2D eigenvalue weighted by molar-refractivity contribution is 6.26. The summed E-state index contributed by atoms with van der Waals surface area (Å²) in [5.74, 6) is 0.455. The third-order valence-electron chi connectivity index (χ3n) is 6.74. The molecule has 3 aromatic rings. The smallest absolute Gasteiger partial charge is 0.259 e. The standard InChI is InChI=1S/C27H29N3O2/c1-18-6-5-15-29(16-18)22-13-11-20(12-14-22)19(2)28-25(31)17-30-24-10-4-8-21-7-3-9-23(26(21)24)27(30)32/h3-4,7-14,18-19H,5-6,15-17H2,1-2H3,(H,28,31). The molecule has 0 saturated carbocycles. The molecule has 2 amide bonds. The fraction of sp³-hybridized carbons (Fsp3) is 0.333. The zero-order valence-corrected chi connectivity index (χ0v) is 18.7. The van der Waals surface area contributed by atoms with Crippen LogP contribution in [-0.2, 0) is 4.79 Å². The minimum Gasteiger partial charge on any atom is -0.371 e. The molecule has 2 aliphatic heterocycles. The normalized spacial score (nSPS) is 18.8. The predicted molar refractivity (Wildman–Crippen MR) is 129 cm³/mol. The van der Waals surface area contributed by atoms with Gasteiger partial charge in [-0.3, -0.25) is 14.5 Å². The van der Waals surface area contributed by atoms with E-state index >= 15 is 0 Å². The van der Waals surface area contributed by atoms with E-state index in [0.717, 1.165) is 41.0 Å². The van der Waals surface area contributed by atoms with E-state index in [0.29, 0.717) is 5.56 Å². The van der Waals surface area contributed by atoms with E-state index in [1.54, 1.807) is 4.90 Å². The minimum absolute atomic E-state index is 0.0146. The van der Waals surface area contributed by atoms with Crippen LogP contribution in [0.3, 0.4) is 0 Å². The number of nitrogens with one attached hydrogen (secondary N) is 1. The van der Waals surface area contributed by atoms with E-state index in [1.807, 2.05) is 43.3 Å². The van der Waals surface area contributed by atoms with Crippen LogP contribution < -0.4 is 15.1 Å². The number of rotatable bonds is 5. The Balaban J connectivity index is 1.25. The van der Waals surface area contributed by atoms with Crippen LogP contribution in [0.15, 0.2) is 60.7 Å². The molecule has 5 rings (SSSR count). The molecule has 0 bridgehead atoms. The molecule has 0 aromatic heterocycles. The van der Waals surface area contributed by atoms with Gasteiger partial charge in [-0.1, -0.05) is 43.3 Å². The van der Waals surface area contributed by atoms with Crippen molar-refractivity contribution < 1.29 is 9.59 Å². The van der Waals surface area contributed by atoms with Gasteiger partial charge in [-0.2, -0.15) is 0 Å². The summed E-state index contributed by atoms with van der Waals surface area (Å²) in [5.41, 5.74) is 3.78. The van der Waals surface area contributed by atoms with Gasteiger partial charge in [0.1, 0.15) is 6.54 Å². The van der Waals surface area contributed by atoms with Crippen molar-refractivity contribution in [2.24, 2.45) is 5.92 Å². The van der Waals surface area contributed by atoms with E-state index in [2.05, 4.69) is 41.4 Å². The third kappa shape index (κ3) is 3.72.